The average molecular weight is 330 g/mol. The van der Waals surface area contributed by atoms with E-state index < -0.39 is 35.9 Å². The van der Waals surface area contributed by atoms with Gasteiger partial charge >= 0.3 is 5.97 Å². The SMILES string of the molecule is CCC(C)C(NC(=O)C(CCCCN)NC(=O)C(C)N)C(=O)O. The van der Waals surface area contributed by atoms with Gasteiger partial charge in [0.15, 0.2) is 0 Å². The van der Waals surface area contributed by atoms with Gasteiger partial charge in [0.05, 0.1) is 6.04 Å². The lowest BCUT2D eigenvalue weighted by Gasteiger charge is -2.24. The van der Waals surface area contributed by atoms with Crippen LogP contribution in [0.3, 0.4) is 0 Å². The van der Waals surface area contributed by atoms with Crippen molar-refractivity contribution >= 4 is 17.8 Å². The molecule has 0 saturated heterocycles. The number of hydrogen-bond donors (Lipinski definition) is 5. The van der Waals surface area contributed by atoms with Gasteiger partial charge in [-0.05, 0) is 38.6 Å². The third-order valence-corrected chi connectivity index (χ3v) is 3.77. The molecule has 0 radical (unpaired) electrons. The molecular weight excluding hydrogens is 300 g/mol. The van der Waals surface area contributed by atoms with Crippen LogP contribution in [0.25, 0.3) is 0 Å². The highest BCUT2D eigenvalue weighted by Crippen LogP contribution is 2.09. The van der Waals surface area contributed by atoms with Crippen LogP contribution in [0.4, 0.5) is 0 Å². The maximum atomic E-state index is 12.4. The number of carboxylic acid groups (broad SMARTS) is 1. The Bertz CT molecular complexity index is 401. The molecule has 23 heavy (non-hydrogen) atoms. The zero-order chi connectivity index (χ0) is 18.0. The number of carbonyl (C=O) groups excluding carboxylic acids is 2. The molecule has 0 rings (SSSR count). The quantitative estimate of drug-likeness (QED) is 0.324. The molecule has 0 aromatic carbocycles. The number of nitrogens with one attached hydrogen (secondary N) is 2. The van der Waals surface area contributed by atoms with E-state index in [0.717, 1.165) is 0 Å². The molecule has 0 aromatic rings. The fourth-order valence-electron chi connectivity index (χ4n) is 2.00. The normalized spacial score (nSPS) is 16.0. The molecule has 8 nitrogen and oxygen atoms in total. The van der Waals surface area contributed by atoms with Crippen molar-refractivity contribution in [2.75, 3.05) is 6.54 Å². The maximum absolute atomic E-state index is 12.4. The van der Waals surface area contributed by atoms with E-state index in [9.17, 15) is 19.5 Å². The molecule has 0 bridgehead atoms. The van der Waals surface area contributed by atoms with Crippen molar-refractivity contribution in [2.24, 2.45) is 17.4 Å². The Morgan fingerprint density at radius 1 is 1.09 bits per heavy atom. The average Bonchev–Trinajstić information content (AvgIpc) is 2.50. The molecule has 0 heterocycles. The number of nitrogens with two attached hydrogens (primary N) is 2. The largest absolute Gasteiger partial charge is 0.480 e. The second-order valence-corrected chi connectivity index (χ2v) is 5.84. The monoisotopic (exact) mass is 330 g/mol. The standard InChI is InChI=1S/C15H30N4O4/c1-4-9(2)12(15(22)23)19-14(21)11(7-5-6-8-16)18-13(20)10(3)17/h9-12H,4-8,16-17H2,1-3H3,(H,18,20)(H,19,21)(H,22,23). The summed E-state index contributed by atoms with van der Waals surface area (Å²) in [6.07, 6.45) is 2.36. The summed E-state index contributed by atoms with van der Waals surface area (Å²) in [7, 11) is 0. The first kappa shape index (κ1) is 21.3. The van der Waals surface area contributed by atoms with Crippen LogP contribution in [-0.4, -0.2) is 47.6 Å². The predicted molar refractivity (Wildman–Crippen MR) is 87.5 cm³/mol. The van der Waals surface area contributed by atoms with Gasteiger partial charge in [0.25, 0.3) is 0 Å². The molecule has 0 aliphatic heterocycles. The van der Waals surface area contributed by atoms with E-state index in [4.69, 9.17) is 11.5 Å². The lowest BCUT2D eigenvalue weighted by molar-refractivity contribution is -0.143. The van der Waals surface area contributed by atoms with Crippen molar-refractivity contribution < 1.29 is 19.5 Å². The summed E-state index contributed by atoms with van der Waals surface area (Å²) in [4.78, 5) is 35.4. The molecule has 4 atom stereocenters. The number of unbranched alkanes of at least 4 members (excludes halogenated alkanes) is 1. The molecule has 0 fully saturated rings. The molecule has 0 aliphatic carbocycles. The lowest BCUT2D eigenvalue weighted by Crippen LogP contribution is -2.55. The number of rotatable bonds is 11. The minimum absolute atomic E-state index is 0.217. The van der Waals surface area contributed by atoms with E-state index >= 15 is 0 Å². The molecule has 8 heteroatoms. The Balaban J connectivity index is 4.94. The highest BCUT2D eigenvalue weighted by molar-refractivity contribution is 5.91. The molecular formula is C15H30N4O4. The smallest absolute Gasteiger partial charge is 0.326 e. The van der Waals surface area contributed by atoms with E-state index in [1.54, 1.807) is 6.92 Å². The maximum Gasteiger partial charge on any atom is 0.326 e. The van der Waals surface area contributed by atoms with Gasteiger partial charge in [-0.15, -0.1) is 0 Å². The first-order chi connectivity index (χ1) is 10.7. The summed E-state index contributed by atoms with van der Waals surface area (Å²) in [6.45, 7) is 5.61. The first-order valence-electron chi connectivity index (χ1n) is 8.03. The van der Waals surface area contributed by atoms with E-state index in [1.807, 2.05) is 6.92 Å². The highest BCUT2D eigenvalue weighted by Gasteiger charge is 2.29. The van der Waals surface area contributed by atoms with Gasteiger partial charge in [0, 0.05) is 0 Å². The van der Waals surface area contributed by atoms with Crippen LogP contribution < -0.4 is 22.1 Å². The molecule has 2 amide bonds. The van der Waals surface area contributed by atoms with Gasteiger partial charge in [0.2, 0.25) is 11.8 Å². The number of carbonyl (C=O) groups is 3. The molecule has 7 N–H and O–H groups in total. The summed E-state index contributed by atoms with van der Waals surface area (Å²) in [5.41, 5.74) is 10.9. The number of hydrogen-bond acceptors (Lipinski definition) is 5. The predicted octanol–water partition coefficient (Wildman–Crippen LogP) is -0.437. The van der Waals surface area contributed by atoms with Crippen LogP contribution in [0.5, 0.6) is 0 Å². The van der Waals surface area contributed by atoms with Gasteiger partial charge in [0.1, 0.15) is 12.1 Å². The zero-order valence-electron chi connectivity index (χ0n) is 14.2. The van der Waals surface area contributed by atoms with Crippen molar-refractivity contribution in [3.8, 4) is 0 Å². The van der Waals surface area contributed by atoms with Gasteiger partial charge in [-0.3, -0.25) is 9.59 Å². The summed E-state index contributed by atoms with van der Waals surface area (Å²) in [5.74, 6) is -2.27. The van der Waals surface area contributed by atoms with Crippen molar-refractivity contribution in [3.05, 3.63) is 0 Å². The van der Waals surface area contributed by atoms with Crippen LogP contribution in [0.1, 0.15) is 46.5 Å². The Morgan fingerprint density at radius 3 is 2.13 bits per heavy atom. The van der Waals surface area contributed by atoms with Crippen molar-refractivity contribution in [2.45, 2.75) is 64.6 Å². The molecule has 0 saturated carbocycles. The number of aliphatic carboxylic acids is 1. The number of amides is 2. The molecule has 0 aliphatic rings. The van der Waals surface area contributed by atoms with Crippen molar-refractivity contribution in [1.82, 2.24) is 10.6 Å². The van der Waals surface area contributed by atoms with Gasteiger partial charge < -0.3 is 27.2 Å². The van der Waals surface area contributed by atoms with Gasteiger partial charge in [-0.2, -0.15) is 0 Å². The fourth-order valence-corrected chi connectivity index (χ4v) is 2.00. The summed E-state index contributed by atoms with van der Waals surface area (Å²) < 4.78 is 0. The second-order valence-electron chi connectivity index (χ2n) is 5.84. The van der Waals surface area contributed by atoms with E-state index in [-0.39, 0.29) is 5.92 Å². The third-order valence-electron chi connectivity index (χ3n) is 3.77. The Hall–Kier alpha value is -1.67. The zero-order valence-corrected chi connectivity index (χ0v) is 14.2. The fraction of sp³-hybridized carbons (Fsp3) is 0.800. The summed E-state index contributed by atoms with van der Waals surface area (Å²) >= 11 is 0. The number of carboxylic acids is 1. The Labute approximate surface area is 137 Å². The Morgan fingerprint density at radius 2 is 1.70 bits per heavy atom. The van der Waals surface area contributed by atoms with Crippen LogP contribution in [0, 0.1) is 5.92 Å². The second kappa shape index (κ2) is 11.0. The van der Waals surface area contributed by atoms with Crippen molar-refractivity contribution in [1.29, 1.82) is 0 Å². The van der Waals surface area contributed by atoms with Crippen LogP contribution in [-0.2, 0) is 14.4 Å². The lowest BCUT2D eigenvalue weighted by atomic mass is 9.98. The van der Waals surface area contributed by atoms with Crippen LogP contribution in [0.15, 0.2) is 0 Å². The molecule has 134 valence electrons. The van der Waals surface area contributed by atoms with E-state index in [0.29, 0.717) is 32.2 Å². The van der Waals surface area contributed by atoms with Gasteiger partial charge in [-0.25, -0.2) is 4.79 Å². The minimum atomic E-state index is -1.09. The molecule has 0 aromatic heterocycles. The molecule has 4 unspecified atom stereocenters. The van der Waals surface area contributed by atoms with E-state index in [1.165, 1.54) is 6.92 Å². The van der Waals surface area contributed by atoms with Crippen LogP contribution in [0.2, 0.25) is 0 Å². The Kier molecular flexibility index (Phi) is 10.2. The first-order valence-corrected chi connectivity index (χ1v) is 8.03. The van der Waals surface area contributed by atoms with Gasteiger partial charge in [-0.1, -0.05) is 20.3 Å². The highest BCUT2D eigenvalue weighted by atomic mass is 16.4. The van der Waals surface area contributed by atoms with E-state index in [2.05, 4.69) is 10.6 Å². The summed E-state index contributed by atoms with van der Waals surface area (Å²) in [5, 5.41) is 14.3. The summed E-state index contributed by atoms with van der Waals surface area (Å²) in [6, 6.07) is -2.55. The third kappa shape index (κ3) is 7.94. The van der Waals surface area contributed by atoms with Crippen molar-refractivity contribution in [3.63, 3.8) is 0 Å². The molecule has 0 spiro atoms. The topological polar surface area (TPSA) is 148 Å². The van der Waals surface area contributed by atoms with Crippen LogP contribution >= 0.6 is 0 Å². The minimum Gasteiger partial charge on any atom is -0.480 e.